The summed E-state index contributed by atoms with van der Waals surface area (Å²) in [6.07, 6.45) is 2.67. The summed E-state index contributed by atoms with van der Waals surface area (Å²) in [7, 11) is 0. The van der Waals surface area contributed by atoms with Crippen LogP contribution in [0.3, 0.4) is 0 Å². The van der Waals surface area contributed by atoms with E-state index in [0.29, 0.717) is 6.42 Å². The second kappa shape index (κ2) is 5.29. The lowest BCUT2D eigenvalue weighted by atomic mass is 9.82. The van der Waals surface area contributed by atoms with Crippen molar-refractivity contribution < 1.29 is 4.79 Å². The molecule has 0 saturated carbocycles. The van der Waals surface area contributed by atoms with Gasteiger partial charge < -0.3 is 0 Å². The number of hydrogen-bond donors (Lipinski definition) is 0. The van der Waals surface area contributed by atoms with E-state index in [1.165, 1.54) is 5.56 Å². The number of carbonyl (C=O) groups excluding carboxylic acids is 1. The fourth-order valence-corrected chi connectivity index (χ4v) is 1.68. The van der Waals surface area contributed by atoms with Crippen LogP contribution in [0.4, 0.5) is 0 Å². The lowest BCUT2D eigenvalue weighted by Crippen LogP contribution is -2.15. The van der Waals surface area contributed by atoms with Crippen LogP contribution in [0.15, 0.2) is 24.3 Å². The van der Waals surface area contributed by atoms with E-state index in [2.05, 4.69) is 32.9 Å². The van der Waals surface area contributed by atoms with Crippen molar-refractivity contribution >= 4 is 5.78 Å². The summed E-state index contributed by atoms with van der Waals surface area (Å²) in [5.74, 6) is 0.253. The zero-order valence-electron chi connectivity index (χ0n) is 10.8. The molecule has 0 fully saturated rings. The summed E-state index contributed by atoms with van der Waals surface area (Å²) >= 11 is 0. The van der Waals surface area contributed by atoms with Crippen LogP contribution in [0.25, 0.3) is 0 Å². The molecule has 0 N–H and O–H groups in total. The second-order valence-corrected chi connectivity index (χ2v) is 4.99. The van der Waals surface area contributed by atoms with E-state index in [-0.39, 0.29) is 11.2 Å². The maximum absolute atomic E-state index is 11.7. The average molecular weight is 218 g/mol. The standard InChI is InChI=1S/C15H22O/c1-5-7-14(16)12-8-10-13(11-9-12)15(3,4)6-2/h8-11H,5-7H2,1-4H3. The molecule has 1 aromatic rings. The molecule has 1 heteroatoms. The third-order valence-corrected chi connectivity index (χ3v) is 3.35. The molecule has 0 spiro atoms. The van der Waals surface area contributed by atoms with E-state index in [1.807, 2.05) is 19.1 Å². The highest BCUT2D eigenvalue weighted by atomic mass is 16.1. The van der Waals surface area contributed by atoms with Crippen molar-refractivity contribution in [3.05, 3.63) is 35.4 Å². The van der Waals surface area contributed by atoms with Gasteiger partial charge in [-0.05, 0) is 23.8 Å². The SMILES string of the molecule is CCCC(=O)c1ccc(C(C)(C)CC)cc1. The van der Waals surface area contributed by atoms with Crippen LogP contribution in [0.2, 0.25) is 0 Å². The molecular formula is C15H22O. The molecule has 0 bridgehead atoms. The van der Waals surface area contributed by atoms with Gasteiger partial charge in [0.05, 0.1) is 0 Å². The minimum absolute atomic E-state index is 0.201. The molecule has 1 aromatic carbocycles. The van der Waals surface area contributed by atoms with Crippen LogP contribution < -0.4 is 0 Å². The summed E-state index contributed by atoms with van der Waals surface area (Å²) in [6.45, 7) is 8.69. The predicted molar refractivity (Wildman–Crippen MR) is 69.0 cm³/mol. The predicted octanol–water partition coefficient (Wildman–Crippen LogP) is 4.36. The molecule has 0 unspecified atom stereocenters. The Morgan fingerprint density at radius 1 is 1.12 bits per heavy atom. The minimum Gasteiger partial charge on any atom is -0.294 e. The van der Waals surface area contributed by atoms with Crippen LogP contribution in [0.5, 0.6) is 0 Å². The average Bonchev–Trinajstić information content (AvgIpc) is 2.29. The summed E-state index contributed by atoms with van der Waals surface area (Å²) in [4.78, 5) is 11.7. The highest BCUT2D eigenvalue weighted by Crippen LogP contribution is 2.26. The van der Waals surface area contributed by atoms with Gasteiger partial charge in [0.2, 0.25) is 0 Å². The monoisotopic (exact) mass is 218 g/mol. The van der Waals surface area contributed by atoms with Crippen molar-refractivity contribution in [1.82, 2.24) is 0 Å². The Morgan fingerprint density at radius 2 is 1.69 bits per heavy atom. The summed E-state index contributed by atoms with van der Waals surface area (Å²) < 4.78 is 0. The molecule has 0 amide bonds. The van der Waals surface area contributed by atoms with Gasteiger partial charge in [0, 0.05) is 12.0 Å². The largest absolute Gasteiger partial charge is 0.294 e. The first-order valence-corrected chi connectivity index (χ1v) is 6.15. The molecule has 0 aromatic heterocycles. The van der Waals surface area contributed by atoms with Gasteiger partial charge in [0.15, 0.2) is 5.78 Å². The van der Waals surface area contributed by atoms with Gasteiger partial charge in [0.25, 0.3) is 0 Å². The number of hydrogen-bond acceptors (Lipinski definition) is 1. The number of ketones is 1. The first-order chi connectivity index (χ1) is 7.51. The van der Waals surface area contributed by atoms with E-state index < -0.39 is 0 Å². The van der Waals surface area contributed by atoms with Crippen molar-refractivity contribution in [1.29, 1.82) is 0 Å². The van der Waals surface area contributed by atoms with Crippen molar-refractivity contribution in [3.8, 4) is 0 Å². The third kappa shape index (κ3) is 2.94. The fourth-order valence-electron chi connectivity index (χ4n) is 1.68. The van der Waals surface area contributed by atoms with E-state index in [1.54, 1.807) is 0 Å². The lowest BCUT2D eigenvalue weighted by molar-refractivity contribution is 0.0981. The molecule has 16 heavy (non-hydrogen) atoms. The second-order valence-electron chi connectivity index (χ2n) is 4.99. The molecule has 88 valence electrons. The van der Waals surface area contributed by atoms with E-state index in [4.69, 9.17) is 0 Å². The van der Waals surface area contributed by atoms with Crippen LogP contribution in [-0.4, -0.2) is 5.78 Å². The summed E-state index contributed by atoms with van der Waals surface area (Å²) in [6, 6.07) is 8.11. The quantitative estimate of drug-likeness (QED) is 0.671. The number of carbonyl (C=O) groups is 1. The molecule has 1 rings (SSSR count). The van der Waals surface area contributed by atoms with E-state index in [0.717, 1.165) is 18.4 Å². The van der Waals surface area contributed by atoms with E-state index >= 15 is 0 Å². The Morgan fingerprint density at radius 3 is 2.12 bits per heavy atom. The van der Waals surface area contributed by atoms with E-state index in [9.17, 15) is 4.79 Å². The van der Waals surface area contributed by atoms with Crippen molar-refractivity contribution in [2.45, 2.75) is 52.4 Å². The minimum atomic E-state index is 0.201. The maximum Gasteiger partial charge on any atom is 0.162 e. The van der Waals surface area contributed by atoms with Gasteiger partial charge in [-0.2, -0.15) is 0 Å². The van der Waals surface area contributed by atoms with Gasteiger partial charge in [-0.1, -0.05) is 52.0 Å². The Kier molecular flexibility index (Phi) is 4.28. The van der Waals surface area contributed by atoms with Crippen molar-refractivity contribution in [3.63, 3.8) is 0 Å². The van der Waals surface area contributed by atoms with Gasteiger partial charge in [-0.25, -0.2) is 0 Å². The van der Waals surface area contributed by atoms with Gasteiger partial charge >= 0.3 is 0 Å². The Bertz CT molecular complexity index is 346. The Labute approximate surface area is 98.9 Å². The zero-order valence-corrected chi connectivity index (χ0v) is 10.8. The molecule has 0 aliphatic carbocycles. The number of Topliss-reactive ketones (excluding diaryl/α,β-unsaturated/α-hetero) is 1. The zero-order chi connectivity index (χ0) is 12.2. The molecule has 0 saturated heterocycles. The van der Waals surface area contributed by atoms with Crippen LogP contribution in [-0.2, 0) is 5.41 Å². The van der Waals surface area contributed by atoms with Crippen LogP contribution >= 0.6 is 0 Å². The number of benzene rings is 1. The smallest absolute Gasteiger partial charge is 0.162 e. The lowest BCUT2D eigenvalue weighted by Gasteiger charge is -2.23. The molecule has 0 heterocycles. The maximum atomic E-state index is 11.7. The van der Waals surface area contributed by atoms with Crippen LogP contribution in [0.1, 0.15) is 62.9 Å². The molecule has 0 aliphatic rings. The number of rotatable bonds is 5. The first-order valence-electron chi connectivity index (χ1n) is 6.15. The van der Waals surface area contributed by atoms with Gasteiger partial charge in [-0.15, -0.1) is 0 Å². The van der Waals surface area contributed by atoms with Crippen molar-refractivity contribution in [2.75, 3.05) is 0 Å². The molecule has 1 nitrogen and oxygen atoms in total. The molecular weight excluding hydrogens is 196 g/mol. The molecule has 0 radical (unpaired) electrons. The van der Waals surface area contributed by atoms with Crippen LogP contribution in [0, 0.1) is 0 Å². The Hall–Kier alpha value is -1.11. The fraction of sp³-hybridized carbons (Fsp3) is 0.533. The molecule has 0 aliphatic heterocycles. The highest BCUT2D eigenvalue weighted by Gasteiger charge is 2.17. The summed E-state index contributed by atoms with van der Waals surface area (Å²) in [5.41, 5.74) is 2.35. The first kappa shape index (κ1) is 13.0. The Balaban J connectivity index is 2.87. The topological polar surface area (TPSA) is 17.1 Å². The third-order valence-electron chi connectivity index (χ3n) is 3.35. The normalized spacial score (nSPS) is 11.5. The summed E-state index contributed by atoms with van der Waals surface area (Å²) in [5, 5.41) is 0. The van der Waals surface area contributed by atoms with Gasteiger partial charge in [0.1, 0.15) is 0 Å². The van der Waals surface area contributed by atoms with Crippen molar-refractivity contribution in [2.24, 2.45) is 0 Å². The van der Waals surface area contributed by atoms with Gasteiger partial charge in [-0.3, -0.25) is 4.79 Å². The molecule has 0 atom stereocenters. The highest BCUT2D eigenvalue weighted by molar-refractivity contribution is 5.96.